The van der Waals surface area contributed by atoms with Crippen molar-refractivity contribution in [3.63, 3.8) is 0 Å². The van der Waals surface area contributed by atoms with Crippen LogP contribution in [0.1, 0.15) is 50.3 Å². The highest BCUT2D eigenvalue weighted by molar-refractivity contribution is 6.05. The minimum atomic E-state index is -0.716. The summed E-state index contributed by atoms with van der Waals surface area (Å²) >= 11 is 0. The van der Waals surface area contributed by atoms with E-state index < -0.39 is 5.60 Å². The van der Waals surface area contributed by atoms with Gasteiger partial charge in [-0.2, -0.15) is 10.2 Å². The first kappa shape index (κ1) is 22.9. The zero-order chi connectivity index (χ0) is 23.6. The monoisotopic (exact) mass is 449 g/mol. The minimum Gasteiger partial charge on any atom is -0.494 e. The topological polar surface area (TPSA) is 99.9 Å². The molecule has 2 aliphatic heterocycles. The van der Waals surface area contributed by atoms with Crippen LogP contribution in [0.5, 0.6) is 5.75 Å². The molecule has 0 aliphatic carbocycles. The van der Waals surface area contributed by atoms with Crippen LogP contribution in [0.4, 0.5) is 10.5 Å². The largest absolute Gasteiger partial charge is 0.494 e. The maximum Gasteiger partial charge on any atom is 0.323 e. The lowest BCUT2D eigenvalue weighted by atomic mass is 9.88. The predicted molar refractivity (Wildman–Crippen MR) is 128 cm³/mol. The second-order valence-corrected chi connectivity index (χ2v) is 9.09. The summed E-state index contributed by atoms with van der Waals surface area (Å²) in [6.45, 7) is 6.87. The van der Waals surface area contributed by atoms with Crippen LogP contribution < -0.4 is 10.1 Å². The number of amidine groups is 1. The van der Waals surface area contributed by atoms with E-state index >= 15 is 0 Å². The number of allylic oxidation sites excluding steroid dienone is 1. The summed E-state index contributed by atoms with van der Waals surface area (Å²) in [7, 11) is 1.62. The molecule has 33 heavy (non-hydrogen) atoms. The Bertz CT molecular complexity index is 1080. The highest BCUT2D eigenvalue weighted by Crippen LogP contribution is 2.43. The number of likely N-dealkylation sites (tertiary alicyclic amines) is 1. The molecule has 8 heteroatoms. The Morgan fingerprint density at radius 3 is 2.64 bits per heavy atom. The van der Waals surface area contributed by atoms with Gasteiger partial charge in [-0.05, 0) is 74.9 Å². The number of fused-ring (bicyclic) bond motifs is 1. The number of aryl methyl sites for hydroxylation is 1. The third-order valence-electron chi connectivity index (χ3n) is 6.33. The van der Waals surface area contributed by atoms with Gasteiger partial charge in [-0.15, -0.1) is 0 Å². The molecule has 2 aliphatic rings. The van der Waals surface area contributed by atoms with Crippen molar-refractivity contribution in [2.45, 2.75) is 51.6 Å². The van der Waals surface area contributed by atoms with Crippen LogP contribution >= 0.6 is 0 Å². The Kier molecular flexibility index (Phi) is 6.47. The minimum absolute atomic E-state index is 0.162. The number of benzene rings is 1. The number of aliphatic imine (C=N–C) groups is 1. The lowest BCUT2D eigenvalue weighted by Crippen LogP contribution is -2.49. The summed E-state index contributed by atoms with van der Waals surface area (Å²) in [5.41, 5.74) is 3.56. The van der Waals surface area contributed by atoms with Crippen molar-refractivity contribution in [1.82, 2.24) is 20.4 Å². The number of amides is 2. The molecule has 1 unspecified atom stereocenters. The van der Waals surface area contributed by atoms with Gasteiger partial charge in [0.2, 0.25) is 0 Å². The Balaban J connectivity index is 1.70. The van der Waals surface area contributed by atoms with Crippen molar-refractivity contribution in [2.24, 2.45) is 4.99 Å². The molecular weight excluding hydrogens is 418 g/mol. The molecule has 4 rings (SSSR count). The van der Waals surface area contributed by atoms with Gasteiger partial charge in [0.15, 0.2) is 0 Å². The normalized spacial score (nSPS) is 22.3. The zero-order valence-corrected chi connectivity index (χ0v) is 19.6. The van der Waals surface area contributed by atoms with Gasteiger partial charge in [0.05, 0.1) is 24.1 Å². The second kappa shape index (κ2) is 9.31. The number of aromatic nitrogens is 2. The van der Waals surface area contributed by atoms with Crippen molar-refractivity contribution in [2.75, 3.05) is 20.2 Å². The molecule has 0 radical (unpaired) electrons. The third-order valence-corrected chi connectivity index (χ3v) is 6.33. The Morgan fingerprint density at radius 1 is 1.21 bits per heavy atom. The van der Waals surface area contributed by atoms with Gasteiger partial charge >= 0.3 is 6.03 Å². The number of ether oxygens (including phenoxy) is 1. The van der Waals surface area contributed by atoms with E-state index in [4.69, 9.17) is 9.73 Å². The quantitative estimate of drug-likeness (QED) is 0.719. The molecule has 2 amide bonds. The van der Waals surface area contributed by atoms with E-state index in [-0.39, 0.29) is 11.9 Å². The first-order chi connectivity index (χ1) is 15.8. The number of rotatable bonds is 2. The van der Waals surface area contributed by atoms with E-state index in [0.717, 1.165) is 28.9 Å². The number of piperidine rings is 1. The van der Waals surface area contributed by atoms with Gasteiger partial charge in [0.1, 0.15) is 17.3 Å². The van der Waals surface area contributed by atoms with E-state index in [1.165, 1.54) is 0 Å². The number of nitrogens with zero attached hydrogens (tertiary/aromatic N) is 4. The molecule has 0 bridgehead atoms. The van der Waals surface area contributed by atoms with Crippen molar-refractivity contribution >= 4 is 17.6 Å². The number of aliphatic hydroxyl groups is 1. The van der Waals surface area contributed by atoms with Gasteiger partial charge in [0.25, 0.3) is 0 Å². The van der Waals surface area contributed by atoms with Gasteiger partial charge < -0.3 is 14.7 Å². The molecule has 2 aromatic rings. The van der Waals surface area contributed by atoms with Gasteiger partial charge in [-0.3, -0.25) is 5.32 Å². The van der Waals surface area contributed by atoms with Crippen LogP contribution in [0, 0.1) is 6.92 Å². The predicted octanol–water partition coefficient (Wildman–Crippen LogP) is 4.11. The summed E-state index contributed by atoms with van der Waals surface area (Å²) in [4.78, 5) is 19.4. The molecule has 1 atom stereocenters. The van der Waals surface area contributed by atoms with Crippen LogP contribution in [0.2, 0.25) is 0 Å². The number of hydrogen-bond donors (Lipinski definition) is 2. The van der Waals surface area contributed by atoms with E-state index in [1.807, 2.05) is 50.3 Å². The molecule has 0 saturated carbocycles. The van der Waals surface area contributed by atoms with E-state index in [2.05, 4.69) is 22.4 Å². The number of urea groups is 1. The first-order valence-electron chi connectivity index (χ1n) is 11.3. The summed E-state index contributed by atoms with van der Waals surface area (Å²) in [6.07, 6.45) is 5.75. The Labute approximate surface area is 194 Å². The molecule has 3 heterocycles. The fraction of sp³-hybridized carbons (Fsp3) is 0.440. The molecule has 1 fully saturated rings. The number of methoxy groups -OCH3 is 1. The number of carbonyl (C=O) groups excluding carboxylic acids is 1. The van der Waals surface area contributed by atoms with Gasteiger partial charge in [-0.1, -0.05) is 13.0 Å². The van der Waals surface area contributed by atoms with E-state index in [1.54, 1.807) is 12.0 Å². The summed E-state index contributed by atoms with van der Waals surface area (Å²) in [6, 6.07) is 7.56. The number of hydrogen-bond acceptors (Lipinski definition) is 6. The van der Waals surface area contributed by atoms with Crippen LogP contribution in [0.15, 0.2) is 41.4 Å². The molecule has 1 aromatic heterocycles. The van der Waals surface area contributed by atoms with E-state index in [0.29, 0.717) is 43.2 Å². The van der Waals surface area contributed by atoms with E-state index in [9.17, 15) is 9.90 Å². The molecular formula is C25H31N5O3. The zero-order valence-electron chi connectivity index (χ0n) is 19.6. The maximum atomic E-state index is 12.9. The fourth-order valence-electron chi connectivity index (χ4n) is 4.24. The molecule has 2 N–H and O–H groups in total. The molecule has 174 valence electrons. The van der Waals surface area contributed by atoms with Crippen LogP contribution in [0.3, 0.4) is 0 Å². The third kappa shape index (κ3) is 5.06. The van der Waals surface area contributed by atoms with Crippen molar-refractivity contribution in [3.05, 3.63) is 47.7 Å². The average molecular weight is 450 g/mol. The van der Waals surface area contributed by atoms with Crippen molar-refractivity contribution in [1.29, 1.82) is 0 Å². The van der Waals surface area contributed by atoms with Gasteiger partial charge in [-0.25, -0.2) is 9.79 Å². The smallest absolute Gasteiger partial charge is 0.323 e. The van der Waals surface area contributed by atoms with Crippen LogP contribution in [-0.4, -0.2) is 57.9 Å². The van der Waals surface area contributed by atoms with Crippen molar-refractivity contribution < 1.29 is 14.6 Å². The summed E-state index contributed by atoms with van der Waals surface area (Å²) in [5, 5.41) is 21.7. The highest BCUT2D eigenvalue weighted by atomic mass is 16.5. The maximum absolute atomic E-state index is 12.9. The Hall–Kier alpha value is -3.26. The van der Waals surface area contributed by atoms with Crippen LogP contribution in [0.25, 0.3) is 11.3 Å². The van der Waals surface area contributed by atoms with Crippen LogP contribution in [-0.2, 0) is 0 Å². The SMILES string of the molecule is COc1ccc(-c2ccc(C)nn2)c2c1/N=C(NC(=O)N1CCC(C)(O)CC1)\C=C\CC2C. The summed E-state index contributed by atoms with van der Waals surface area (Å²) in [5.74, 6) is 1.25. The average Bonchev–Trinajstić information content (AvgIpc) is 2.78. The molecule has 1 saturated heterocycles. The lowest BCUT2D eigenvalue weighted by molar-refractivity contribution is 0.00484. The number of nitrogens with one attached hydrogen (secondary N) is 1. The molecule has 8 nitrogen and oxygen atoms in total. The molecule has 1 aromatic carbocycles. The fourth-order valence-corrected chi connectivity index (χ4v) is 4.24. The number of carbonyl (C=O) groups is 1. The summed E-state index contributed by atoms with van der Waals surface area (Å²) < 4.78 is 5.64. The molecule has 0 spiro atoms. The lowest BCUT2D eigenvalue weighted by Gasteiger charge is -2.35. The van der Waals surface area contributed by atoms with Crippen molar-refractivity contribution in [3.8, 4) is 17.0 Å². The second-order valence-electron chi connectivity index (χ2n) is 9.09. The van der Waals surface area contributed by atoms with Gasteiger partial charge in [0, 0.05) is 18.7 Å². The first-order valence-corrected chi connectivity index (χ1v) is 11.3. The standard InChI is InChI=1S/C25H31N5O3/c1-16-6-5-7-21(27-24(31)30-14-12-25(3,32)13-15-30)26-23-20(33-4)11-9-18(22(16)23)19-10-8-17(2)28-29-19/h5,7-11,16,32H,6,12-15H2,1-4H3,(H,26,27,31)/b7-5+. The Morgan fingerprint density at radius 2 is 1.97 bits per heavy atom. The highest BCUT2D eigenvalue weighted by Gasteiger charge is 2.30.